The van der Waals surface area contributed by atoms with Gasteiger partial charge < -0.3 is 15.5 Å². The highest BCUT2D eigenvalue weighted by Crippen LogP contribution is 2.30. The number of hydrogen-bond acceptors (Lipinski definition) is 3. The molecule has 0 heterocycles. The van der Waals surface area contributed by atoms with Gasteiger partial charge in [-0.15, -0.1) is 0 Å². The lowest BCUT2D eigenvalue weighted by molar-refractivity contribution is 0.122. The number of hydrogen-bond donors (Lipinski definition) is 3. The van der Waals surface area contributed by atoms with Crippen molar-refractivity contribution in [2.24, 2.45) is 0 Å². The predicted molar refractivity (Wildman–Crippen MR) is 83.0 cm³/mol. The average Bonchev–Trinajstić information content (AvgIpc) is 2.92. The molecule has 3 nitrogen and oxygen atoms in total. The van der Waals surface area contributed by atoms with Crippen molar-refractivity contribution < 1.29 is 19.0 Å². The van der Waals surface area contributed by atoms with Gasteiger partial charge in [0.25, 0.3) is 0 Å². The van der Waals surface area contributed by atoms with Crippen molar-refractivity contribution >= 4 is 0 Å². The van der Waals surface area contributed by atoms with Crippen molar-refractivity contribution in [3.05, 3.63) is 70.8 Å². The van der Waals surface area contributed by atoms with Gasteiger partial charge in [-0.25, -0.2) is 8.78 Å². The van der Waals surface area contributed by atoms with Crippen LogP contribution < -0.4 is 5.32 Å². The highest BCUT2D eigenvalue weighted by molar-refractivity contribution is 5.36. The van der Waals surface area contributed by atoms with Gasteiger partial charge in [0.1, 0.15) is 11.6 Å². The largest absolute Gasteiger partial charge is 0.394 e. The third-order valence-corrected chi connectivity index (χ3v) is 4.47. The normalized spacial score (nSPS) is 17.0. The summed E-state index contributed by atoms with van der Waals surface area (Å²) in [5.74, 6) is -1.45. The standard InChI is InChI=1S/C18H19F2NO2/c19-14-5-6-15(16(20)7-14)17(23)10-21-18(11-22)8-12-3-1-2-4-13(12)9-18/h1-7,17,21-23H,8-11H2. The van der Waals surface area contributed by atoms with E-state index < -0.39 is 23.3 Å². The van der Waals surface area contributed by atoms with Crippen molar-refractivity contribution in [1.29, 1.82) is 0 Å². The number of fused-ring (bicyclic) bond motifs is 1. The molecule has 1 aliphatic rings. The Kier molecular flexibility index (Phi) is 4.43. The Bertz CT molecular complexity index is 680. The fourth-order valence-corrected chi connectivity index (χ4v) is 3.18. The maximum absolute atomic E-state index is 13.7. The van der Waals surface area contributed by atoms with Crippen LogP contribution in [0, 0.1) is 11.6 Å². The lowest BCUT2D eigenvalue weighted by Gasteiger charge is -2.29. The van der Waals surface area contributed by atoms with Crippen LogP contribution in [0.5, 0.6) is 0 Å². The predicted octanol–water partition coefficient (Wildman–Crippen LogP) is 2.12. The molecule has 1 aliphatic carbocycles. The summed E-state index contributed by atoms with van der Waals surface area (Å²) in [4.78, 5) is 0. The SMILES string of the molecule is OCC1(NCC(O)c2ccc(F)cc2F)Cc2ccccc2C1. The minimum Gasteiger partial charge on any atom is -0.394 e. The van der Waals surface area contributed by atoms with E-state index in [0.717, 1.165) is 23.3 Å². The van der Waals surface area contributed by atoms with Gasteiger partial charge in [-0.3, -0.25) is 0 Å². The molecule has 1 atom stereocenters. The molecule has 3 rings (SSSR count). The van der Waals surface area contributed by atoms with Crippen LogP contribution in [0.25, 0.3) is 0 Å². The summed E-state index contributed by atoms with van der Waals surface area (Å²) in [6.07, 6.45) is 0.194. The zero-order chi connectivity index (χ0) is 16.4. The summed E-state index contributed by atoms with van der Waals surface area (Å²) in [6, 6.07) is 11.1. The third kappa shape index (κ3) is 3.27. The lowest BCUT2D eigenvalue weighted by Crippen LogP contribution is -2.50. The number of nitrogens with one attached hydrogen (secondary N) is 1. The Balaban J connectivity index is 1.69. The second kappa shape index (κ2) is 6.35. The van der Waals surface area contributed by atoms with Gasteiger partial charge in [0.2, 0.25) is 0 Å². The first-order valence-electron chi connectivity index (χ1n) is 7.59. The monoisotopic (exact) mass is 319 g/mol. The molecular formula is C18H19F2NO2. The average molecular weight is 319 g/mol. The van der Waals surface area contributed by atoms with E-state index in [-0.39, 0.29) is 18.7 Å². The van der Waals surface area contributed by atoms with Crippen molar-refractivity contribution in [2.75, 3.05) is 13.2 Å². The third-order valence-electron chi connectivity index (χ3n) is 4.47. The van der Waals surface area contributed by atoms with Gasteiger partial charge in [-0.2, -0.15) is 0 Å². The fourth-order valence-electron chi connectivity index (χ4n) is 3.18. The first-order valence-corrected chi connectivity index (χ1v) is 7.59. The Labute approximate surface area is 133 Å². The topological polar surface area (TPSA) is 52.5 Å². The van der Waals surface area contributed by atoms with Crippen molar-refractivity contribution in [3.8, 4) is 0 Å². The first-order chi connectivity index (χ1) is 11.0. The zero-order valence-corrected chi connectivity index (χ0v) is 12.6. The molecule has 3 N–H and O–H groups in total. The van der Waals surface area contributed by atoms with Gasteiger partial charge in [-0.05, 0) is 30.0 Å². The minimum atomic E-state index is -1.11. The number of aliphatic hydroxyl groups is 2. The zero-order valence-electron chi connectivity index (χ0n) is 12.6. The van der Waals surface area contributed by atoms with Crippen molar-refractivity contribution in [1.82, 2.24) is 5.32 Å². The van der Waals surface area contributed by atoms with Crippen LogP contribution in [0.15, 0.2) is 42.5 Å². The van der Waals surface area contributed by atoms with E-state index in [1.54, 1.807) is 0 Å². The molecule has 0 aliphatic heterocycles. The van der Waals surface area contributed by atoms with E-state index in [0.29, 0.717) is 12.8 Å². The van der Waals surface area contributed by atoms with Crippen LogP contribution in [-0.2, 0) is 12.8 Å². The molecule has 0 aromatic heterocycles. The Hall–Kier alpha value is -1.82. The van der Waals surface area contributed by atoms with Crippen LogP contribution in [0.2, 0.25) is 0 Å². The number of rotatable bonds is 5. The lowest BCUT2D eigenvalue weighted by atomic mass is 9.96. The van der Waals surface area contributed by atoms with E-state index in [1.165, 1.54) is 6.07 Å². The molecule has 1 unspecified atom stereocenters. The van der Waals surface area contributed by atoms with E-state index in [9.17, 15) is 19.0 Å². The summed E-state index contributed by atoms with van der Waals surface area (Å²) in [7, 11) is 0. The number of halogens is 2. The second-order valence-corrected chi connectivity index (χ2v) is 6.12. The van der Waals surface area contributed by atoms with Crippen LogP contribution in [0.3, 0.4) is 0 Å². The van der Waals surface area contributed by atoms with Gasteiger partial charge in [0.15, 0.2) is 0 Å². The van der Waals surface area contributed by atoms with E-state index >= 15 is 0 Å². The molecule has 0 bridgehead atoms. The molecule has 2 aromatic rings. The number of aliphatic hydroxyl groups excluding tert-OH is 2. The van der Waals surface area contributed by atoms with Crippen molar-refractivity contribution in [3.63, 3.8) is 0 Å². The van der Waals surface area contributed by atoms with Crippen LogP contribution >= 0.6 is 0 Å². The Morgan fingerprint density at radius 3 is 2.30 bits per heavy atom. The molecule has 0 spiro atoms. The molecule has 23 heavy (non-hydrogen) atoms. The van der Waals surface area contributed by atoms with E-state index in [2.05, 4.69) is 5.32 Å². The van der Waals surface area contributed by atoms with Crippen LogP contribution in [-0.4, -0.2) is 28.9 Å². The van der Waals surface area contributed by atoms with Gasteiger partial charge in [0.05, 0.1) is 12.7 Å². The molecule has 5 heteroatoms. The summed E-state index contributed by atoms with van der Waals surface area (Å²) in [6.45, 7) is -0.00258. The molecule has 122 valence electrons. The Morgan fingerprint density at radius 1 is 1.09 bits per heavy atom. The maximum Gasteiger partial charge on any atom is 0.131 e. The van der Waals surface area contributed by atoms with Crippen molar-refractivity contribution in [2.45, 2.75) is 24.5 Å². The molecule has 2 aromatic carbocycles. The Morgan fingerprint density at radius 2 is 1.74 bits per heavy atom. The van der Waals surface area contributed by atoms with E-state index in [1.807, 2.05) is 24.3 Å². The summed E-state index contributed by atoms with van der Waals surface area (Å²) < 4.78 is 26.7. The van der Waals surface area contributed by atoms with Gasteiger partial charge in [-0.1, -0.05) is 30.3 Å². The number of β-amino-alcohol motifs (C(OH)–C–C–N with tert-alkyl or cyclic N) is 1. The molecular weight excluding hydrogens is 300 g/mol. The summed E-state index contributed by atoms with van der Waals surface area (Å²) in [5.41, 5.74) is 1.82. The van der Waals surface area contributed by atoms with Gasteiger partial charge >= 0.3 is 0 Å². The minimum absolute atomic E-state index is 0.0440. The van der Waals surface area contributed by atoms with Crippen LogP contribution in [0.1, 0.15) is 22.8 Å². The van der Waals surface area contributed by atoms with Crippen LogP contribution in [0.4, 0.5) is 8.78 Å². The molecule has 0 radical (unpaired) electrons. The molecule has 0 saturated heterocycles. The second-order valence-electron chi connectivity index (χ2n) is 6.12. The summed E-state index contributed by atoms with van der Waals surface area (Å²) in [5, 5.41) is 23.1. The highest BCUT2D eigenvalue weighted by Gasteiger charge is 2.36. The first kappa shape index (κ1) is 16.1. The number of benzene rings is 2. The summed E-state index contributed by atoms with van der Waals surface area (Å²) >= 11 is 0. The maximum atomic E-state index is 13.7. The molecule has 0 fully saturated rings. The molecule has 0 amide bonds. The van der Waals surface area contributed by atoms with Gasteiger partial charge in [0, 0.05) is 23.7 Å². The highest BCUT2D eigenvalue weighted by atomic mass is 19.1. The fraction of sp³-hybridized carbons (Fsp3) is 0.333. The van der Waals surface area contributed by atoms with E-state index in [4.69, 9.17) is 0 Å². The quantitative estimate of drug-likeness (QED) is 0.791. The molecule has 0 saturated carbocycles. The smallest absolute Gasteiger partial charge is 0.131 e.